The van der Waals surface area contributed by atoms with Gasteiger partial charge in [-0.1, -0.05) is 0 Å². The largest absolute Gasteiger partial charge is 0.489 e. The first kappa shape index (κ1) is 23.2. The molecular weight excluding hydrogens is 454 g/mol. The molecule has 1 N–H and O–H groups in total. The summed E-state index contributed by atoms with van der Waals surface area (Å²) in [7, 11) is 0. The molecule has 4 rings (SSSR count). The van der Waals surface area contributed by atoms with Crippen LogP contribution in [0.25, 0.3) is 0 Å². The third-order valence-electron chi connectivity index (χ3n) is 6.13. The summed E-state index contributed by atoms with van der Waals surface area (Å²) >= 11 is 0. The Hall–Kier alpha value is -2.98. The van der Waals surface area contributed by atoms with Gasteiger partial charge in [-0.3, -0.25) is 0 Å². The Balaban J connectivity index is 1.52. The highest BCUT2D eigenvalue weighted by molar-refractivity contribution is 5.91. The molecule has 2 fully saturated rings. The minimum atomic E-state index is -4.68. The highest BCUT2D eigenvalue weighted by Gasteiger charge is 2.39. The van der Waals surface area contributed by atoms with Crippen molar-refractivity contribution in [1.29, 1.82) is 0 Å². The van der Waals surface area contributed by atoms with E-state index in [1.165, 1.54) is 6.07 Å². The molecule has 178 valence electrons. The van der Waals surface area contributed by atoms with Crippen molar-refractivity contribution in [1.82, 2.24) is 4.98 Å². The second-order valence-electron chi connectivity index (χ2n) is 8.38. The molecule has 5 nitrogen and oxygen atoms in total. The maximum Gasteiger partial charge on any atom is 0.417 e. The fourth-order valence-electron chi connectivity index (χ4n) is 4.56. The number of ether oxygens (including phenoxy) is 1. The molecule has 2 heterocycles. The number of pyridine rings is 1. The van der Waals surface area contributed by atoms with Crippen LogP contribution in [0.15, 0.2) is 36.5 Å². The smallest absolute Gasteiger partial charge is 0.417 e. The normalized spacial score (nSPS) is 23.3. The first-order valence-electron chi connectivity index (χ1n) is 10.3. The molecule has 1 aliphatic carbocycles. The van der Waals surface area contributed by atoms with Crippen LogP contribution in [0.3, 0.4) is 0 Å². The van der Waals surface area contributed by atoms with Crippen molar-refractivity contribution in [2.75, 3.05) is 11.4 Å². The van der Waals surface area contributed by atoms with E-state index in [4.69, 9.17) is 4.74 Å². The molecule has 1 aliphatic heterocycles. The second kappa shape index (κ2) is 8.42. The molecule has 1 unspecified atom stereocenters. The molecule has 3 atom stereocenters. The Kier molecular flexibility index (Phi) is 5.92. The zero-order valence-corrected chi connectivity index (χ0v) is 17.2. The molecular formula is C22H20F6N2O3. The fraction of sp³-hybridized carbons (Fsp3) is 0.455. The number of carboxylic acid groups (broad SMARTS) is 1. The first-order chi connectivity index (χ1) is 15.4. The van der Waals surface area contributed by atoms with Gasteiger partial charge in [-0.05, 0) is 55.5 Å². The van der Waals surface area contributed by atoms with Gasteiger partial charge in [-0.15, -0.1) is 0 Å². The van der Waals surface area contributed by atoms with E-state index in [2.05, 4.69) is 4.98 Å². The summed E-state index contributed by atoms with van der Waals surface area (Å²) in [5.41, 5.74) is -2.48. The number of hydrogen-bond donors (Lipinski definition) is 1. The lowest BCUT2D eigenvalue weighted by Gasteiger charge is -2.31. The van der Waals surface area contributed by atoms with Crippen LogP contribution < -0.4 is 9.64 Å². The number of carboxylic acids is 1. The SMILES string of the molecule is O=C(O)c1cc(C(F)(F)F)ccc1O[C@@H]1CCC2C[C@H](C1)N(c1ccc(C(F)(F)F)cn1)C2. The predicted molar refractivity (Wildman–Crippen MR) is 105 cm³/mol. The van der Waals surface area contributed by atoms with E-state index < -0.39 is 41.1 Å². The average Bonchev–Trinajstić information content (AvgIpc) is 3.01. The van der Waals surface area contributed by atoms with E-state index in [-0.39, 0.29) is 17.7 Å². The first-order valence-corrected chi connectivity index (χ1v) is 10.3. The van der Waals surface area contributed by atoms with Gasteiger partial charge in [0, 0.05) is 25.2 Å². The number of rotatable bonds is 4. The molecule has 1 aromatic carbocycles. The number of fused-ring (bicyclic) bond motifs is 2. The summed E-state index contributed by atoms with van der Waals surface area (Å²) < 4.78 is 83.2. The van der Waals surface area contributed by atoms with E-state index in [9.17, 15) is 36.2 Å². The van der Waals surface area contributed by atoms with Crippen LogP contribution in [-0.2, 0) is 12.4 Å². The molecule has 2 aromatic rings. The van der Waals surface area contributed by atoms with Crippen LogP contribution in [0.5, 0.6) is 5.75 Å². The third-order valence-corrected chi connectivity index (χ3v) is 6.13. The molecule has 0 spiro atoms. The Morgan fingerprint density at radius 1 is 1.00 bits per heavy atom. The summed E-state index contributed by atoms with van der Waals surface area (Å²) in [6.45, 7) is 0.635. The standard InChI is InChI=1S/C22H20F6N2O3/c23-21(24,25)13-2-5-18(17(8-13)20(31)32)33-16-4-1-12-7-15(9-16)30(11-12)19-6-3-14(10-29-19)22(26,27)28/h2-3,5-6,8,10,12,15-16H,1,4,7,9,11H2,(H,31,32)/t12?,15-,16-/m1/s1. The molecule has 1 saturated carbocycles. The van der Waals surface area contributed by atoms with Gasteiger partial charge in [0.25, 0.3) is 0 Å². The van der Waals surface area contributed by atoms with Crippen molar-refractivity contribution < 1.29 is 41.0 Å². The average molecular weight is 474 g/mol. The Morgan fingerprint density at radius 3 is 2.30 bits per heavy atom. The van der Waals surface area contributed by atoms with Crippen LogP contribution in [0.2, 0.25) is 0 Å². The lowest BCUT2D eigenvalue weighted by Crippen LogP contribution is -2.36. The molecule has 0 radical (unpaired) electrons. The summed E-state index contributed by atoms with van der Waals surface area (Å²) in [4.78, 5) is 17.4. The Bertz CT molecular complexity index is 1020. The quantitative estimate of drug-likeness (QED) is 0.581. The van der Waals surface area contributed by atoms with Crippen molar-refractivity contribution >= 4 is 11.8 Å². The number of carbonyl (C=O) groups is 1. The molecule has 33 heavy (non-hydrogen) atoms. The van der Waals surface area contributed by atoms with Gasteiger partial charge < -0.3 is 14.7 Å². The van der Waals surface area contributed by atoms with Crippen molar-refractivity contribution in [3.63, 3.8) is 0 Å². The molecule has 2 aliphatic rings. The second-order valence-corrected chi connectivity index (χ2v) is 8.38. The van der Waals surface area contributed by atoms with E-state index in [1.807, 2.05) is 4.90 Å². The fourth-order valence-corrected chi connectivity index (χ4v) is 4.56. The Labute approximate surface area is 185 Å². The summed E-state index contributed by atoms with van der Waals surface area (Å²) in [6.07, 6.45) is -6.27. The van der Waals surface area contributed by atoms with E-state index in [0.717, 1.165) is 37.2 Å². The van der Waals surface area contributed by atoms with Gasteiger partial charge >= 0.3 is 18.3 Å². The predicted octanol–water partition coefficient (Wildman–Crippen LogP) is 5.64. The third kappa shape index (κ3) is 5.01. The van der Waals surface area contributed by atoms with Gasteiger partial charge in [-0.25, -0.2) is 9.78 Å². The molecule has 1 saturated heterocycles. The zero-order valence-electron chi connectivity index (χ0n) is 17.2. The number of anilines is 1. The molecule has 2 bridgehead atoms. The highest BCUT2D eigenvalue weighted by atomic mass is 19.4. The number of alkyl halides is 6. The van der Waals surface area contributed by atoms with E-state index >= 15 is 0 Å². The topological polar surface area (TPSA) is 62.7 Å². The van der Waals surface area contributed by atoms with Gasteiger partial charge in [0.2, 0.25) is 0 Å². The highest BCUT2D eigenvalue weighted by Crippen LogP contribution is 2.39. The van der Waals surface area contributed by atoms with Crippen molar-refractivity contribution in [3.8, 4) is 5.75 Å². The van der Waals surface area contributed by atoms with Crippen LogP contribution >= 0.6 is 0 Å². The monoisotopic (exact) mass is 474 g/mol. The van der Waals surface area contributed by atoms with Crippen molar-refractivity contribution in [2.45, 2.75) is 50.2 Å². The number of aromatic nitrogens is 1. The number of aromatic carboxylic acids is 1. The van der Waals surface area contributed by atoms with Gasteiger partial charge in [0.15, 0.2) is 0 Å². The molecule has 11 heteroatoms. The molecule has 1 aromatic heterocycles. The minimum Gasteiger partial charge on any atom is -0.489 e. The van der Waals surface area contributed by atoms with Crippen LogP contribution in [0.4, 0.5) is 32.2 Å². The molecule has 0 amide bonds. The number of nitrogens with zero attached hydrogens (tertiary/aromatic N) is 2. The van der Waals surface area contributed by atoms with Crippen LogP contribution in [0, 0.1) is 5.92 Å². The van der Waals surface area contributed by atoms with E-state index in [1.54, 1.807) is 0 Å². The van der Waals surface area contributed by atoms with E-state index in [0.29, 0.717) is 31.3 Å². The maximum atomic E-state index is 13.0. The van der Waals surface area contributed by atoms with Gasteiger partial charge in [0.05, 0.1) is 11.1 Å². The number of halogens is 6. The van der Waals surface area contributed by atoms with Crippen LogP contribution in [-0.4, -0.2) is 34.8 Å². The number of hydrogen-bond acceptors (Lipinski definition) is 4. The lowest BCUT2D eigenvalue weighted by atomic mass is 10.0. The zero-order chi connectivity index (χ0) is 24.0. The minimum absolute atomic E-state index is 0.0885. The van der Waals surface area contributed by atoms with Crippen LogP contribution in [0.1, 0.15) is 47.2 Å². The van der Waals surface area contributed by atoms with Crippen molar-refractivity contribution in [2.24, 2.45) is 5.92 Å². The van der Waals surface area contributed by atoms with Gasteiger partial charge in [0.1, 0.15) is 23.2 Å². The Morgan fingerprint density at radius 2 is 1.70 bits per heavy atom. The lowest BCUT2D eigenvalue weighted by molar-refractivity contribution is -0.138. The maximum absolute atomic E-state index is 13.0. The summed E-state index contributed by atoms with van der Waals surface area (Å²) in [6, 6.07) is 4.57. The summed E-state index contributed by atoms with van der Waals surface area (Å²) in [5, 5.41) is 9.37. The number of benzene rings is 1. The van der Waals surface area contributed by atoms with Gasteiger partial charge in [-0.2, -0.15) is 26.3 Å². The van der Waals surface area contributed by atoms with Crippen molar-refractivity contribution in [3.05, 3.63) is 53.2 Å². The summed E-state index contributed by atoms with van der Waals surface area (Å²) in [5.74, 6) is -0.990.